The number of nitrogens with one attached hydrogen (secondary N) is 1. The van der Waals surface area contributed by atoms with Crippen LogP contribution in [-0.2, 0) is 14.4 Å². The fraction of sp³-hybridized carbons (Fsp3) is 0.750. The first-order chi connectivity index (χ1) is 8.22. The Morgan fingerprint density at radius 2 is 1.89 bits per heavy atom. The van der Waals surface area contributed by atoms with Crippen molar-refractivity contribution < 1.29 is 19.5 Å². The first kappa shape index (κ1) is 14.5. The summed E-state index contributed by atoms with van der Waals surface area (Å²) >= 11 is 0. The van der Waals surface area contributed by atoms with Gasteiger partial charge >= 0.3 is 5.97 Å². The Kier molecular flexibility index (Phi) is 4.32. The van der Waals surface area contributed by atoms with Crippen LogP contribution >= 0.6 is 0 Å². The van der Waals surface area contributed by atoms with E-state index in [0.29, 0.717) is 0 Å². The minimum atomic E-state index is -1.11. The SMILES string of the molecule is CN(CC(=O)NC1CC1)C(=O)CC(C)(C)C(=O)O. The highest BCUT2D eigenvalue weighted by Gasteiger charge is 2.32. The van der Waals surface area contributed by atoms with Gasteiger partial charge in [-0.05, 0) is 26.7 Å². The van der Waals surface area contributed by atoms with E-state index < -0.39 is 11.4 Å². The summed E-state index contributed by atoms with van der Waals surface area (Å²) in [4.78, 5) is 35.4. The smallest absolute Gasteiger partial charge is 0.309 e. The number of nitrogens with zero attached hydrogens (tertiary/aromatic N) is 1. The summed E-state index contributed by atoms with van der Waals surface area (Å²) in [6, 6.07) is 0.261. The molecule has 0 aromatic heterocycles. The van der Waals surface area contributed by atoms with E-state index in [-0.39, 0.29) is 30.8 Å². The molecule has 6 nitrogen and oxygen atoms in total. The molecule has 0 atom stereocenters. The third-order valence-electron chi connectivity index (χ3n) is 2.92. The quantitative estimate of drug-likeness (QED) is 0.712. The van der Waals surface area contributed by atoms with Crippen molar-refractivity contribution in [3.05, 3.63) is 0 Å². The highest BCUT2D eigenvalue weighted by molar-refractivity contribution is 5.88. The second kappa shape index (κ2) is 5.37. The fourth-order valence-electron chi connectivity index (χ4n) is 1.39. The van der Waals surface area contributed by atoms with E-state index in [4.69, 9.17) is 5.11 Å². The Hall–Kier alpha value is -1.59. The summed E-state index contributed by atoms with van der Waals surface area (Å²) in [7, 11) is 1.51. The van der Waals surface area contributed by atoms with Crippen LogP contribution in [0.3, 0.4) is 0 Å². The van der Waals surface area contributed by atoms with Crippen LogP contribution in [0.15, 0.2) is 0 Å². The van der Waals surface area contributed by atoms with E-state index in [1.54, 1.807) is 0 Å². The van der Waals surface area contributed by atoms with Gasteiger partial charge in [0.05, 0.1) is 12.0 Å². The van der Waals surface area contributed by atoms with Crippen molar-refractivity contribution in [2.75, 3.05) is 13.6 Å². The van der Waals surface area contributed by atoms with Gasteiger partial charge in [-0.15, -0.1) is 0 Å². The lowest BCUT2D eigenvalue weighted by Gasteiger charge is -2.23. The summed E-state index contributed by atoms with van der Waals surface area (Å²) in [6.45, 7) is 2.96. The summed E-state index contributed by atoms with van der Waals surface area (Å²) in [6.07, 6.45) is 1.88. The largest absolute Gasteiger partial charge is 0.481 e. The monoisotopic (exact) mass is 256 g/mol. The standard InChI is InChI=1S/C12H20N2O4/c1-12(2,11(17)18)6-10(16)14(3)7-9(15)13-8-4-5-8/h8H,4-7H2,1-3H3,(H,13,15)(H,17,18). The van der Waals surface area contributed by atoms with Gasteiger partial charge in [-0.3, -0.25) is 14.4 Å². The highest BCUT2D eigenvalue weighted by Crippen LogP contribution is 2.21. The first-order valence-electron chi connectivity index (χ1n) is 5.99. The van der Waals surface area contributed by atoms with Gasteiger partial charge in [0.15, 0.2) is 0 Å². The molecule has 1 rings (SSSR count). The number of carboxylic acids is 1. The van der Waals surface area contributed by atoms with Crippen molar-refractivity contribution in [3.8, 4) is 0 Å². The van der Waals surface area contributed by atoms with Crippen LogP contribution in [0.4, 0.5) is 0 Å². The molecule has 0 bridgehead atoms. The van der Waals surface area contributed by atoms with Crippen molar-refractivity contribution in [2.24, 2.45) is 5.41 Å². The second-order valence-electron chi connectivity index (χ2n) is 5.46. The summed E-state index contributed by atoms with van der Waals surface area (Å²) in [5, 5.41) is 11.7. The van der Waals surface area contributed by atoms with Crippen molar-refractivity contribution in [3.63, 3.8) is 0 Å². The maximum Gasteiger partial charge on any atom is 0.309 e. The number of likely N-dealkylation sites (N-methyl/N-ethyl adjacent to an activating group) is 1. The molecule has 102 valence electrons. The van der Waals surface area contributed by atoms with Crippen molar-refractivity contribution >= 4 is 17.8 Å². The Bertz CT molecular complexity index is 361. The topological polar surface area (TPSA) is 86.7 Å². The van der Waals surface area contributed by atoms with Gasteiger partial charge in [0, 0.05) is 19.5 Å². The maximum atomic E-state index is 11.8. The molecule has 1 saturated carbocycles. The maximum absolute atomic E-state index is 11.8. The van der Waals surface area contributed by atoms with Gasteiger partial charge < -0.3 is 15.3 Å². The van der Waals surface area contributed by atoms with E-state index in [2.05, 4.69) is 5.32 Å². The van der Waals surface area contributed by atoms with Gasteiger partial charge in [-0.1, -0.05) is 0 Å². The van der Waals surface area contributed by atoms with E-state index in [0.717, 1.165) is 12.8 Å². The average molecular weight is 256 g/mol. The predicted molar refractivity (Wildman–Crippen MR) is 64.8 cm³/mol. The van der Waals surface area contributed by atoms with E-state index in [9.17, 15) is 14.4 Å². The molecular formula is C12H20N2O4. The number of aliphatic carboxylic acids is 1. The molecule has 0 unspecified atom stereocenters. The zero-order valence-corrected chi connectivity index (χ0v) is 11.0. The Labute approximate surface area is 106 Å². The molecule has 0 aromatic carbocycles. The second-order valence-corrected chi connectivity index (χ2v) is 5.46. The van der Waals surface area contributed by atoms with Crippen LogP contribution in [0.2, 0.25) is 0 Å². The Balaban J connectivity index is 2.40. The molecule has 1 fully saturated rings. The predicted octanol–water partition coefficient (Wildman–Crippen LogP) is 0.224. The third-order valence-corrected chi connectivity index (χ3v) is 2.92. The molecular weight excluding hydrogens is 236 g/mol. The zero-order chi connectivity index (χ0) is 13.9. The normalized spacial score (nSPS) is 15.1. The summed E-state index contributed by atoms with van der Waals surface area (Å²) < 4.78 is 0. The fourth-order valence-corrected chi connectivity index (χ4v) is 1.39. The lowest BCUT2D eigenvalue weighted by molar-refractivity contribution is -0.151. The molecule has 18 heavy (non-hydrogen) atoms. The molecule has 1 aliphatic carbocycles. The van der Waals surface area contributed by atoms with Crippen LogP contribution < -0.4 is 5.32 Å². The molecule has 0 heterocycles. The number of amides is 2. The van der Waals surface area contributed by atoms with Crippen LogP contribution in [0.25, 0.3) is 0 Å². The first-order valence-corrected chi connectivity index (χ1v) is 5.99. The molecule has 0 aromatic rings. The van der Waals surface area contributed by atoms with Gasteiger partial charge in [0.25, 0.3) is 0 Å². The molecule has 1 aliphatic rings. The average Bonchev–Trinajstić information content (AvgIpc) is 3.00. The van der Waals surface area contributed by atoms with Crippen LogP contribution in [0, 0.1) is 5.41 Å². The zero-order valence-electron chi connectivity index (χ0n) is 11.0. The molecule has 2 N–H and O–H groups in total. The number of carboxylic acid groups (broad SMARTS) is 1. The molecule has 2 amide bonds. The third kappa shape index (κ3) is 4.35. The summed E-state index contributed by atoms with van der Waals surface area (Å²) in [5.74, 6) is -1.55. The van der Waals surface area contributed by atoms with Crippen LogP contribution in [0.1, 0.15) is 33.1 Å². The molecule has 0 spiro atoms. The van der Waals surface area contributed by atoms with E-state index in [1.165, 1.54) is 25.8 Å². The van der Waals surface area contributed by atoms with Crippen molar-refractivity contribution in [2.45, 2.75) is 39.2 Å². The lowest BCUT2D eigenvalue weighted by atomic mass is 9.89. The van der Waals surface area contributed by atoms with Gasteiger partial charge in [-0.2, -0.15) is 0 Å². The van der Waals surface area contributed by atoms with Gasteiger partial charge in [0.1, 0.15) is 0 Å². The molecule has 0 aliphatic heterocycles. The Morgan fingerprint density at radius 3 is 2.33 bits per heavy atom. The van der Waals surface area contributed by atoms with Crippen molar-refractivity contribution in [1.82, 2.24) is 10.2 Å². The van der Waals surface area contributed by atoms with E-state index in [1.807, 2.05) is 0 Å². The van der Waals surface area contributed by atoms with Crippen LogP contribution in [0.5, 0.6) is 0 Å². The minimum Gasteiger partial charge on any atom is -0.481 e. The number of hydrogen-bond donors (Lipinski definition) is 2. The molecule has 0 saturated heterocycles. The molecule has 6 heteroatoms. The number of carbonyl (C=O) groups is 3. The lowest BCUT2D eigenvalue weighted by Crippen LogP contribution is -2.41. The van der Waals surface area contributed by atoms with E-state index >= 15 is 0 Å². The number of carbonyl (C=O) groups excluding carboxylic acids is 2. The minimum absolute atomic E-state index is 0.0228. The van der Waals surface area contributed by atoms with Gasteiger partial charge in [-0.25, -0.2) is 0 Å². The highest BCUT2D eigenvalue weighted by atomic mass is 16.4. The van der Waals surface area contributed by atoms with Crippen molar-refractivity contribution in [1.29, 1.82) is 0 Å². The Morgan fingerprint density at radius 1 is 1.33 bits per heavy atom. The summed E-state index contributed by atoms with van der Waals surface area (Å²) in [5.41, 5.74) is -1.11. The molecule has 0 radical (unpaired) electrons. The number of rotatable bonds is 6. The number of hydrogen-bond acceptors (Lipinski definition) is 3. The van der Waals surface area contributed by atoms with Crippen LogP contribution in [-0.4, -0.2) is 47.4 Å². The van der Waals surface area contributed by atoms with Gasteiger partial charge in [0.2, 0.25) is 11.8 Å².